The normalized spacial score (nSPS) is 10.9. The molecule has 2 aromatic rings. The van der Waals surface area contributed by atoms with E-state index in [-0.39, 0.29) is 0 Å². The van der Waals surface area contributed by atoms with Gasteiger partial charge in [0.2, 0.25) is 0 Å². The predicted molar refractivity (Wildman–Crippen MR) is 82.6 cm³/mol. The van der Waals surface area contributed by atoms with Crippen LogP contribution in [0.5, 0.6) is 11.5 Å². The summed E-state index contributed by atoms with van der Waals surface area (Å²) in [5, 5.41) is 4.17. The summed E-state index contributed by atoms with van der Waals surface area (Å²) >= 11 is 0. The molecule has 0 atom stereocenters. The molecule has 0 aliphatic carbocycles. The molecule has 21 heavy (non-hydrogen) atoms. The van der Waals surface area contributed by atoms with Gasteiger partial charge in [-0.05, 0) is 38.2 Å². The van der Waals surface area contributed by atoms with Gasteiger partial charge in [-0.3, -0.25) is 9.58 Å². The number of likely N-dealkylation sites (N-methyl/N-ethyl adjacent to an activating group) is 1. The number of rotatable bonds is 8. The Kier molecular flexibility index (Phi) is 5.63. The van der Waals surface area contributed by atoms with Crippen LogP contribution in [0, 0.1) is 0 Å². The maximum Gasteiger partial charge on any atom is 0.119 e. The molecule has 0 aliphatic heterocycles. The minimum absolute atomic E-state index is 0.657. The number of nitrogens with zero attached hydrogens (tertiary/aromatic N) is 3. The van der Waals surface area contributed by atoms with Crippen LogP contribution in [0.3, 0.4) is 0 Å². The first-order chi connectivity index (χ1) is 10.2. The van der Waals surface area contributed by atoms with E-state index in [1.165, 1.54) is 5.56 Å². The number of hydrogen-bond donors (Lipinski definition) is 0. The van der Waals surface area contributed by atoms with Crippen LogP contribution in [0.1, 0.15) is 12.5 Å². The Labute approximate surface area is 126 Å². The molecule has 2 rings (SSSR count). The van der Waals surface area contributed by atoms with Gasteiger partial charge in [-0.25, -0.2) is 0 Å². The molecule has 5 nitrogen and oxygen atoms in total. The summed E-state index contributed by atoms with van der Waals surface area (Å²) in [6.45, 7) is 5.05. The van der Waals surface area contributed by atoms with E-state index >= 15 is 0 Å². The molecule has 1 heterocycles. The predicted octanol–water partition coefficient (Wildman–Crippen LogP) is 2.33. The van der Waals surface area contributed by atoms with Crippen molar-refractivity contribution in [3.8, 4) is 11.5 Å². The summed E-state index contributed by atoms with van der Waals surface area (Å²) in [4.78, 5) is 2.21. The monoisotopic (exact) mass is 289 g/mol. The molecule has 0 saturated carbocycles. The molecule has 0 N–H and O–H groups in total. The van der Waals surface area contributed by atoms with E-state index in [2.05, 4.69) is 17.0 Å². The van der Waals surface area contributed by atoms with E-state index in [0.717, 1.165) is 24.6 Å². The van der Waals surface area contributed by atoms with Crippen molar-refractivity contribution < 1.29 is 9.47 Å². The van der Waals surface area contributed by atoms with Crippen LogP contribution in [0.15, 0.2) is 36.7 Å². The lowest BCUT2D eigenvalue weighted by Gasteiger charge is -2.16. The topological polar surface area (TPSA) is 39.5 Å². The average Bonchev–Trinajstić information content (AvgIpc) is 2.86. The fourth-order valence-corrected chi connectivity index (χ4v) is 2.06. The first-order valence-electron chi connectivity index (χ1n) is 7.19. The molecule has 0 amide bonds. The van der Waals surface area contributed by atoms with Gasteiger partial charge in [-0.1, -0.05) is 0 Å². The van der Waals surface area contributed by atoms with Gasteiger partial charge in [0.25, 0.3) is 0 Å². The minimum atomic E-state index is 0.657. The minimum Gasteiger partial charge on any atom is -0.494 e. The van der Waals surface area contributed by atoms with Crippen LogP contribution in [0.4, 0.5) is 0 Å². The number of aryl methyl sites for hydroxylation is 1. The molecule has 1 aromatic heterocycles. The molecule has 1 aromatic carbocycles. The van der Waals surface area contributed by atoms with Crippen molar-refractivity contribution in [1.29, 1.82) is 0 Å². The van der Waals surface area contributed by atoms with Crippen LogP contribution in [-0.4, -0.2) is 41.5 Å². The van der Waals surface area contributed by atoms with Crippen LogP contribution in [0.25, 0.3) is 0 Å². The zero-order valence-electron chi connectivity index (χ0n) is 13.0. The van der Waals surface area contributed by atoms with Crippen LogP contribution in [0.2, 0.25) is 0 Å². The Hall–Kier alpha value is -2.01. The molecule has 0 aliphatic rings. The van der Waals surface area contributed by atoms with Crippen LogP contribution >= 0.6 is 0 Å². The van der Waals surface area contributed by atoms with E-state index in [1.54, 1.807) is 0 Å². The molecule has 5 heteroatoms. The SMILES string of the molecule is CCOc1ccc(OCCN(C)Cc2cnn(C)c2)cc1. The van der Waals surface area contributed by atoms with Gasteiger partial charge in [-0.15, -0.1) is 0 Å². The van der Waals surface area contributed by atoms with E-state index in [1.807, 2.05) is 55.3 Å². The second-order valence-electron chi connectivity index (χ2n) is 5.01. The van der Waals surface area contributed by atoms with Gasteiger partial charge in [0, 0.05) is 31.9 Å². The van der Waals surface area contributed by atoms with Gasteiger partial charge in [-0.2, -0.15) is 5.10 Å². The molecule has 0 bridgehead atoms. The number of hydrogen-bond acceptors (Lipinski definition) is 4. The first-order valence-corrected chi connectivity index (χ1v) is 7.19. The highest BCUT2D eigenvalue weighted by molar-refractivity contribution is 5.31. The summed E-state index contributed by atoms with van der Waals surface area (Å²) in [6.07, 6.45) is 3.92. The van der Waals surface area contributed by atoms with Crippen molar-refractivity contribution in [3.05, 3.63) is 42.2 Å². The van der Waals surface area contributed by atoms with E-state index in [9.17, 15) is 0 Å². The van der Waals surface area contributed by atoms with Crippen LogP contribution in [-0.2, 0) is 13.6 Å². The highest BCUT2D eigenvalue weighted by Crippen LogP contribution is 2.17. The Morgan fingerprint density at radius 2 is 1.81 bits per heavy atom. The third kappa shape index (κ3) is 5.11. The molecule has 0 radical (unpaired) electrons. The summed E-state index contributed by atoms with van der Waals surface area (Å²) in [7, 11) is 4.01. The lowest BCUT2D eigenvalue weighted by atomic mass is 10.3. The van der Waals surface area contributed by atoms with Gasteiger partial charge >= 0.3 is 0 Å². The van der Waals surface area contributed by atoms with Gasteiger partial charge in [0.1, 0.15) is 18.1 Å². The summed E-state index contributed by atoms with van der Waals surface area (Å²) in [5.41, 5.74) is 1.21. The number of aromatic nitrogens is 2. The van der Waals surface area contributed by atoms with Crippen molar-refractivity contribution in [2.24, 2.45) is 7.05 Å². The molecule has 0 spiro atoms. The second-order valence-corrected chi connectivity index (χ2v) is 5.01. The second kappa shape index (κ2) is 7.69. The highest BCUT2D eigenvalue weighted by atomic mass is 16.5. The molecular formula is C16H23N3O2. The highest BCUT2D eigenvalue weighted by Gasteiger charge is 2.03. The molecule has 114 valence electrons. The maximum absolute atomic E-state index is 5.73. The third-order valence-corrected chi connectivity index (χ3v) is 3.09. The Bertz CT molecular complexity index is 537. The smallest absolute Gasteiger partial charge is 0.119 e. The lowest BCUT2D eigenvalue weighted by Crippen LogP contribution is -2.23. The standard InChI is InChI=1S/C16H23N3O2/c1-4-20-15-5-7-16(8-6-15)21-10-9-18(2)12-14-11-17-19(3)13-14/h5-8,11,13H,4,9-10,12H2,1-3H3. The third-order valence-electron chi connectivity index (χ3n) is 3.09. The molecule has 0 fully saturated rings. The number of ether oxygens (including phenoxy) is 2. The van der Waals surface area contributed by atoms with Gasteiger partial charge < -0.3 is 9.47 Å². The summed E-state index contributed by atoms with van der Waals surface area (Å²) in [6, 6.07) is 7.73. The maximum atomic E-state index is 5.73. The Morgan fingerprint density at radius 1 is 1.14 bits per heavy atom. The van der Waals surface area contributed by atoms with E-state index < -0.39 is 0 Å². The molecule has 0 saturated heterocycles. The van der Waals surface area contributed by atoms with Crippen LogP contribution < -0.4 is 9.47 Å². The largest absolute Gasteiger partial charge is 0.494 e. The summed E-state index contributed by atoms with van der Waals surface area (Å²) < 4.78 is 13.0. The molecule has 0 unspecified atom stereocenters. The first kappa shape index (κ1) is 15.4. The number of benzene rings is 1. The zero-order chi connectivity index (χ0) is 15.1. The summed E-state index contributed by atoms with van der Waals surface area (Å²) in [5.74, 6) is 1.74. The van der Waals surface area contributed by atoms with Crippen molar-refractivity contribution >= 4 is 0 Å². The fourth-order valence-electron chi connectivity index (χ4n) is 2.06. The van der Waals surface area contributed by atoms with Crippen molar-refractivity contribution in [2.75, 3.05) is 26.8 Å². The fraction of sp³-hybridized carbons (Fsp3) is 0.438. The Balaban J connectivity index is 1.70. The Morgan fingerprint density at radius 3 is 2.38 bits per heavy atom. The average molecular weight is 289 g/mol. The molecular weight excluding hydrogens is 266 g/mol. The lowest BCUT2D eigenvalue weighted by molar-refractivity contribution is 0.232. The zero-order valence-corrected chi connectivity index (χ0v) is 13.0. The quantitative estimate of drug-likeness (QED) is 0.748. The van der Waals surface area contributed by atoms with Gasteiger partial charge in [0.15, 0.2) is 0 Å². The van der Waals surface area contributed by atoms with E-state index in [0.29, 0.717) is 13.2 Å². The van der Waals surface area contributed by atoms with Gasteiger partial charge in [0.05, 0.1) is 12.8 Å². The van der Waals surface area contributed by atoms with E-state index in [4.69, 9.17) is 9.47 Å². The van der Waals surface area contributed by atoms with Crippen molar-refractivity contribution in [1.82, 2.24) is 14.7 Å². The van der Waals surface area contributed by atoms with Crippen molar-refractivity contribution in [3.63, 3.8) is 0 Å². The van der Waals surface area contributed by atoms with Crippen molar-refractivity contribution in [2.45, 2.75) is 13.5 Å².